The third-order valence-corrected chi connectivity index (χ3v) is 13.2. The molecule has 12 heteroatoms. The molecule has 0 spiro atoms. The molecule has 0 aliphatic heterocycles. The van der Waals surface area contributed by atoms with E-state index in [0.717, 1.165) is 88.4 Å². The van der Waals surface area contributed by atoms with Gasteiger partial charge in [-0.3, -0.25) is 0 Å². The first kappa shape index (κ1) is 42.4. The van der Waals surface area contributed by atoms with Gasteiger partial charge in [0.25, 0.3) is 0 Å². The minimum absolute atomic E-state index is 0.609. The Hall–Kier alpha value is -1.65. The van der Waals surface area contributed by atoms with Crippen molar-refractivity contribution in [3.05, 3.63) is 36.8 Å². The van der Waals surface area contributed by atoms with Crippen molar-refractivity contribution in [3.63, 3.8) is 0 Å². The number of hydrogen-bond donors (Lipinski definition) is 0. The lowest BCUT2D eigenvalue weighted by molar-refractivity contribution is -0.135. The van der Waals surface area contributed by atoms with Crippen LogP contribution in [0.2, 0.25) is 12.1 Å². The molecule has 10 nitrogen and oxygen atoms in total. The van der Waals surface area contributed by atoms with Gasteiger partial charge in [-0.05, 0) is 50.7 Å². The first-order chi connectivity index (χ1) is 21.4. The predicted octanol–water partition coefficient (Wildman–Crippen LogP) is 7.65. The zero-order chi connectivity index (χ0) is 32.8. The Morgan fingerprint density at radius 3 is 1.00 bits per heavy atom. The quantitative estimate of drug-likeness (QED) is 0.0251. The number of hydrogen-bond acceptors (Lipinski definition) is 10. The monoisotopic (exact) mass is 660 g/mol. The molecule has 0 radical (unpaired) electrons. The number of carbonyl (C=O) groups is 2. The Morgan fingerprint density at radius 1 is 0.432 bits per heavy atom. The van der Waals surface area contributed by atoms with Crippen molar-refractivity contribution in [1.29, 1.82) is 0 Å². The fourth-order valence-corrected chi connectivity index (χ4v) is 8.26. The van der Waals surface area contributed by atoms with Gasteiger partial charge < -0.3 is 36.0 Å². The Kier molecular flexibility index (Phi) is 27.7. The van der Waals surface area contributed by atoms with Gasteiger partial charge >= 0.3 is 29.5 Å². The minimum Gasteiger partial charge on any atom is -0.432 e. The molecule has 0 rings (SSSR count). The lowest BCUT2D eigenvalue weighted by atomic mass is 10.1. The molecule has 0 fully saturated rings. The van der Waals surface area contributed by atoms with E-state index in [0.29, 0.717) is 0 Å². The van der Waals surface area contributed by atoms with Gasteiger partial charge in [-0.25, -0.2) is 9.59 Å². The third kappa shape index (κ3) is 22.0. The van der Waals surface area contributed by atoms with Crippen LogP contribution in [0, 0.1) is 0 Å². The maximum atomic E-state index is 11.8. The Labute approximate surface area is 269 Å². The number of allylic oxidation sites excluding steroid dienone is 2. The highest BCUT2D eigenvalue weighted by Crippen LogP contribution is 2.19. The summed E-state index contributed by atoms with van der Waals surface area (Å²) in [5.74, 6) is -1.22. The fourth-order valence-electron chi connectivity index (χ4n) is 4.67. The lowest BCUT2D eigenvalue weighted by Crippen LogP contribution is -2.42. The summed E-state index contributed by atoms with van der Waals surface area (Å²) in [7, 11) is 5.04. The zero-order valence-corrected chi connectivity index (χ0v) is 30.3. The molecule has 0 aromatic carbocycles. The van der Waals surface area contributed by atoms with E-state index in [1.807, 2.05) is 12.2 Å². The molecule has 0 N–H and O–H groups in total. The van der Waals surface area contributed by atoms with Crippen molar-refractivity contribution in [1.82, 2.24) is 0 Å². The van der Waals surface area contributed by atoms with Crippen LogP contribution in [0.1, 0.15) is 103 Å². The third-order valence-electron chi connectivity index (χ3n) is 7.49. The molecule has 44 heavy (non-hydrogen) atoms. The molecule has 0 aromatic heterocycles. The first-order valence-corrected chi connectivity index (χ1v) is 19.9. The summed E-state index contributed by atoms with van der Waals surface area (Å²) in [4.78, 5) is 23.5. The fraction of sp³-hybridized carbons (Fsp3) is 0.750. The van der Waals surface area contributed by atoms with Gasteiger partial charge in [-0.1, -0.05) is 64.2 Å². The second-order valence-corrected chi connectivity index (χ2v) is 16.8. The molecule has 0 amide bonds. The van der Waals surface area contributed by atoms with Gasteiger partial charge in [0.15, 0.2) is 0 Å². The van der Waals surface area contributed by atoms with Crippen molar-refractivity contribution in [3.8, 4) is 0 Å². The van der Waals surface area contributed by atoms with Crippen LogP contribution in [0.3, 0.4) is 0 Å². The van der Waals surface area contributed by atoms with Crippen molar-refractivity contribution < 1.29 is 45.6 Å². The topological polar surface area (TPSA) is 108 Å². The summed E-state index contributed by atoms with van der Waals surface area (Å²) in [6.07, 6.45) is 26.1. The smallest absolute Gasteiger partial charge is 0.432 e. The molecule has 0 heterocycles. The maximum Gasteiger partial charge on any atom is 0.500 e. The Balaban J connectivity index is 3.69. The average Bonchev–Trinajstić information content (AvgIpc) is 3.05. The lowest BCUT2D eigenvalue weighted by Gasteiger charge is -2.24. The van der Waals surface area contributed by atoms with E-state index in [2.05, 4.69) is 0 Å². The van der Waals surface area contributed by atoms with E-state index in [-0.39, 0.29) is 0 Å². The number of carbonyl (C=O) groups excluding carboxylic acids is 2. The summed E-state index contributed by atoms with van der Waals surface area (Å²) < 4.78 is 42.6. The summed E-state index contributed by atoms with van der Waals surface area (Å²) in [6.45, 7) is 0. The molecule has 0 saturated carbocycles. The first-order valence-electron chi connectivity index (χ1n) is 16.1. The minimum atomic E-state index is -2.43. The van der Waals surface area contributed by atoms with Gasteiger partial charge in [0, 0.05) is 66.9 Å². The van der Waals surface area contributed by atoms with Crippen LogP contribution in [-0.2, 0) is 45.6 Å². The normalized spacial score (nSPS) is 12.6. The predicted molar refractivity (Wildman–Crippen MR) is 177 cm³/mol. The van der Waals surface area contributed by atoms with Gasteiger partial charge in [0.1, 0.15) is 0 Å². The van der Waals surface area contributed by atoms with Crippen LogP contribution in [0.15, 0.2) is 36.8 Å². The van der Waals surface area contributed by atoms with E-state index in [4.69, 9.17) is 36.0 Å². The van der Waals surface area contributed by atoms with Crippen LogP contribution in [-0.4, -0.2) is 72.2 Å². The van der Waals surface area contributed by atoms with Gasteiger partial charge in [0.2, 0.25) is 0 Å². The van der Waals surface area contributed by atoms with E-state index in [1.54, 1.807) is 42.7 Å². The van der Waals surface area contributed by atoms with E-state index < -0.39 is 29.5 Å². The standard InChI is InChI=1S/C32H60O10Si2/c1-35-43(36-2,37-3)29-23-19-15-11-7-9-13-17-21-27-41-31(33)25-26-32(34)42-28-22-18-14-10-8-12-16-20-24-30-44(38-4,39-5)40-6/h21-22,25-28H,7-20,23-24,29-30H2,1-6H3/b26-25+,27-21?,28-22?. The number of rotatable bonds is 30. The second-order valence-electron chi connectivity index (χ2n) is 10.6. The van der Waals surface area contributed by atoms with E-state index >= 15 is 0 Å². The molecular formula is C32H60O10Si2. The average molecular weight is 661 g/mol. The van der Waals surface area contributed by atoms with Crippen LogP contribution in [0.25, 0.3) is 0 Å². The SMILES string of the molecule is CO[Si](CCCCCCCCCC=COC(=O)/C=C/C(=O)OC=CCCCCCCCCC[Si](OC)(OC)OC)(OC)OC. The van der Waals surface area contributed by atoms with Gasteiger partial charge in [-0.2, -0.15) is 0 Å². The summed E-state index contributed by atoms with van der Waals surface area (Å²) in [6, 6.07) is 1.69. The van der Waals surface area contributed by atoms with Gasteiger partial charge in [-0.15, -0.1) is 0 Å². The molecule has 0 unspecified atom stereocenters. The molecule has 256 valence electrons. The van der Waals surface area contributed by atoms with Crippen molar-refractivity contribution in [2.24, 2.45) is 0 Å². The van der Waals surface area contributed by atoms with Crippen molar-refractivity contribution in [2.45, 2.75) is 115 Å². The van der Waals surface area contributed by atoms with E-state index in [9.17, 15) is 9.59 Å². The maximum absolute atomic E-state index is 11.8. The number of esters is 2. The van der Waals surface area contributed by atoms with Crippen LogP contribution in [0.5, 0.6) is 0 Å². The largest absolute Gasteiger partial charge is 0.500 e. The van der Waals surface area contributed by atoms with Crippen LogP contribution < -0.4 is 0 Å². The number of unbranched alkanes of at least 4 members (excludes halogenated alkanes) is 14. The molecule has 0 saturated heterocycles. The van der Waals surface area contributed by atoms with Crippen molar-refractivity contribution in [2.75, 3.05) is 42.7 Å². The summed E-state index contributed by atoms with van der Waals surface area (Å²) >= 11 is 0. The number of ether oxygens (including phenoxy) is 2. The van der Waals surface area contributed by atoms with Crippen LogP contribution in [0.4, 0.5) is 0 Å². The van der Waals surface area contributed by atoms with Crippen LogP contribution >= 0.6 is 0 Å². The highest BCUT2D eigenvalue weighted by Gasteiger charge is 2.37. The summed E-state index contributed by atoms with van der Waals surface area (Å²) in [5.41, 5.74) is 0. The summed E-state index contributed by atoms with van der Waals surface area (Å²) in [5, 5.41) is 0. The second kappa shape index (κ2) is 28.8. The van der Waals surface area contributed by atoms with Gasteiger partial charge in [0.05, 0.1) is 12.5 Å². The highest BCUT2D eigenvalue weighted by atomic mass is 28.4. The molecule has 0 atom stereocenters. The van der Waals surface area contributed by atoms with Crippen molar-refractivity contribution >= 4 is 29.5 Å². The van der Waals surface area contributed by atoms with E-state index in [1.165, 1.54) is 51.0 Å². The molecule has 0 bridgehead atoms. The molecular weight excluding hydrogens is 601 g/mol. The molecule has 0 aliphatic rings. The highest BCUT2D eigenvalue weighted by molar-refractivity contribution is 6.60. The Bertz CT molecular complexity index is 715. The molecule has 0 aliphatic carbocycles. The zero-order valence-electron chi connectivity index (χ0n) is 28.3. The molecule has 0 aromatic rings. The Morgan fingerprint density at radius 2 is 0.705 bits per heavy atom.